The van der Waals surface area contributed by atoms with Gasteiger partial charge in [-0.1, -0.05) is 42.0 Å². The number of ketones is 1. The molecule has 0 atom stereocenters. The Bertz CT molecular complexity index is 1180. The maximum absolute atomic E-state index is 13.1. The van der Waals surface area contributed by atoms with Crippen LogP contribution in [0.3, 0.4) is 0 Å². The van der Waals surface area contributed by atoms with E-state index < -0.39 is 11.8 Å². The number of anilines is 1. The number of Topliss-reactive ketones (excluding diaryl/α,β-unsaturated/α-hetero) is 1. The topological polar surface area (TPSA) is 84.5 Å². The third-order valence-electron chi connectivity index (χ3n) is 4.84. The number of aryl methyl sites for hydroxylation is 1. The van der Waals surface area contributed by atoms with Crippen molar-refractivity contribution in [2.24, 2.45) is 0 Å². The first kappa shape index (κ1) is 23.5. The molecule has 0 unspecified atom stereocenters. The number of nitrogens with one attached hydrogen (secondary N) is 2. The Kier molecular flexibility index (Phi) is 7.76. The standard InChI is InChI=1S/C27H26N2O4/c1-4-33-24-14-10-20(11-15-24)16-25(29-26(31)21-12-8-18(2)9-13-21)27(32)28-23-7-5-6-22(17-23)19(3)30/h5-17H,4H2,1-3H3,(H,28,32)(H,29,31). The number of hydrogen-bond acceptors (Lipinski definition) is 4. The third kappa shape index (κ3) is 6.64. The van der Waals surface area contributed by atoms with Crippen molar-refractivity contribution in [3.63, 3.8) is 0 Å². The highest BCUT2D eigenvalue weighted by molar-refractivity contribution is 6.11. The molecule has 0 saturated heterocycles. The molecule has 2 amide bonds. The lowest BCUT2D eigenvalue weighted by Crippen LogP contribution is -2.30. The van der Waals surface area contributed by atoms with E-state index in [1.165, 1.54) is 6.92 Å². The predicted octanol–water partition coefficient (Wildman–Crippen LogP) is 5.01. The van der Waals surface area contributed by atoms with Gasteiger partial charge < -0.3 is 15.4 Å². The molecule has 0 aromatic heterocycles. The third-order valence-corrected chi connectivity index (χ3v) is 4.84. The zero-order valence-corrected chi connectivity index (χ0v) is 18.8. The van der Waals surface area contributed by atoms with Crippen LogP contribution in [0.4, 0.5) is 5.69 Å². The Morgan fingerprint density at radius 2 is 1.61 bits per heavy atom. The molecule has 0 spiro atoms. The van der Waals surface area contributed by atoms with Crippen LogP contribution in [-0.4, -0.2) is 24.2 Å². The molecule has 6 heteroatoms. The van der Waals surface area contributed by atoms with E-state index in [1.807, 2.05) is 26.0 Å². The van der Waals surface area contributed by atoms with Gasteiger partial charge in [-0.05, 0) is 68.8 Å². The molecule has 2 N–H and O–H groups in total. The maximum Gasteiger partial charge on any atom is 0.272 e. The van der Waals surface area contributed by atoms with Gasteiger partial charge in [0.1, 0.15) is 11.4 Å². The second-order valence-electron chi connectivity index (χ2n) is 7.47. The van der Waals surface area contributed by atoms with E-state index in [2.05, 4.69) is 10.6 Å². The molecule has 0 bridgehead atoms. The normalized spacial score (nSPS) is 10.9. The summed E-state index contributed by atoms with van der Waals surface area (Å²) in [6.45, 7) is 5.84. The maximum atomic E-state index is 13.1. The minimum Gasteiger partial charge on any atom is -0.494 e. The fourth-order valence-electron chi connectivity index (χ4n) is 3.07. The van der Waals surface area contributed by atoms with Crippen molar-refractivity contribution in [3.8, 4) is 5.75 Å². The van der Waals surface area contributed by atoms with Gasteiger partial charge in [-0.2, -0.15) is 0 Å². The van der Waals surface area contributed by atoms with Crippen molar-refractivity contribution in [1.29, 1.82) is 0 Å². The zero-order valence-electron chi connectivity index (χ0n) is 18.8. The summed E-state index contributed by atoms with van der Waals surface area (Å²) >= 11 is 0. The Labute approximate surface area is 193 Å². The monoisotopic (exact) mass is 442 g/mol. The van der Waals surface area contributed by atoms with Gasteiger partial charge in [0.2, 0.25) is 0 Å². The summed E-state index contributed by atoms with van der Waals surface area (Å²) in [5.74, 6) is -0.306. The van der Waals surface area contributed by atoms with Gasteiger partial charge in [0.15, 0.2) is 5.78 Å². The summed E-state index contributed by atoms with van der Waals surface area (Å²) in [7, 11) is 0. The average Bonchev–Trinajstić information content (AvgIpc) is 2.80. The van der Waals surface area contributed by atoms with Crippen molar-refractivity contribution in [1.82, 2.24) is 5.32 Å². The first-order valence-electron chi connectivity index (χ1n) is 10.6. The number of benzene rings is 3. The van der Waals surface area contributed by atoms with Crippen molar-refractivity contribution < 1.29 is 19.1 Å². The van der Waals surface area contributed by atoms with Crippen LogP contribution in [-0.2, 0) is 4.79 Å². The summed E-state index contributed by atoms with van der Waals surface area (Å²) in [4.78, 5) is 37.6. The summed E-state index contributed by atoms with van der Waals surface area (Å²) in [6, 6.07) is 20.9. The number of ether oxygens (including phenoxy) is 1. The Hall–Kier alpha value is -4.19. The number of carbonyl (C=O) groups is 3. The van der Waals surface area contributed by atoms with Crippen LogP contribution in [0.25, 0.3) is 6.08 Å². The molecule has 0 radical (unpaired) electrons. The lowest BCUT2D eigenvalue weighted by molar-refractivity contribution is -0.113. The van der Waals surface area contributed by atoms with E-state index in [1.54, 1.807) is 66.7 Å². The lowest BCUT2D eigenvalue weighted by atomic mass is 10.1. The second kappa shape index (κ2) is 10.9. The van der Waals surface area contributed by atoms with Gasteiger partial charge in [-0.3, -0.25) is 14.4 Å². The molecule has 0 heterocycles. The second-order valence-corrected chi connectivity index (χ2v) is 7.47. The SMILES string of the molecule is CCOc1ccc(C=C(NC(=O)c2ccc(C)cc2)C(=O)Nc2cccc(C(C)=O)c2)cc1. The van der Waals surface area contributed by atoms with Gasteiger partial charge >= 0.3 is 0 Å². The van der Waals surface area contributed by atoms with Gasteiger partial charge in [0, 0.05) is 16.8 Å². The van der Waals surface area contributed by atoms with Crippen LogP contribution in [0, 0.1) is 6.92 Å². The molecule has 0 aliphatic rings. The minimum absolute atomic E-state index is 0.0676. The molecule has 3 aromatic rings. The molecule has 0 aliphatic heterocycles. The molecule has 33 heavy (non-hydrogen) atoms. The summed E-state index contributed by atoms with van der Waals surface area (Å²) in [5.41, 5.74) is 3.18. The van der Waals surface area contributed by atoms with Crippen molar-refractivity contribution in [2.45, 2.75) is 20.8 Å². The van der Waals surface area contributed by atoms with Crippen LogP contribution in [0.15, 0.2) is 78.5 Å². The number of hydrogen-bond donors (Lipinski definition) is 2. The Morgan fingerprint density at radius 3 is 2.24 bits per heavy atom. The first-order valence-corrected chi connectivity index (χ1v) is 10.6. The van der Waals surface area contributed by atoms with Gasteiger partial charge in [0.25, 0.3) is 11.8 Å². The number of rotatable bonds is 8. The highest BCUT2D eigenvalue weighted by atomic mass is 16.5. The zero-order chi connectivity index (χ0) is 23.8. The van der Waals surface area contributed by atoms with E-state index in [0.717, 1.165) is 5.56 Å². The van der Waals surface area contributed by atoms with Crippen molar-refractivity contribution in [3.05, 3.63) is 101 Å². The lowest BCUT2D eigenvalue weighted by Gasteiger charge is -2.12. The van der Waals surface area contributed by atoms with Crippen LogP contribution in [0.1, 0.15) is 45.7 Å². The molecular formula is C27H26N2O4. The molecule has 6 nitrogen and oxygen atoms in total. The van der Waals surface area contributed by atoms with Crippen molar-refractivity contribution in [2.75, 3.05) is 11.9 Å². The first-order chi connectivity index (χ1) is 15.9. The predicted molar refractivity (Wildman–Crippen MR) is 129 cm³/mol. The van der Waals surface area contributed by atoms with E-state index in [9.17, 15) is 14.4 Å². The van der Waals surface area contributed by atoms with E-state index >= 15 is 0 Å². The molecule has 3 rings (SSSR count). The fourth-order valence-corrected chi connectivity index (χ4v) is 3.07. The molecule has 0 fully saturated rings. The van der Waals surface area contributed by atoms with E-state index in [-0.39, 0.29) is 11.5 Å². The molecular weight excluding hydrogens is 416 g/mol. The Morgan fingerprint density at radius 1 is 0.909 bits per heavy atom. The highest BCUT2D eigenvalue weighted by Crippen LogP contribution is 2.17. The molecule has 0 saturated carbocycles. The molecule has 0 aliphatic carbocycles. The van der Waals surface area contributed by atoms with Gasteiger partial charge in [-0.25, -0.2) is 0 Å². The number of amides is 2. The van der Waals surface area contributed by atoms with E-state index in [0.29, 0.717) is 34.7 Å². The largest absolute Gasteiger partial charge is 0.494 e. The minimum atomic E-state index is -0.509. The molecule has 168 valence electrons. The summed E-state index contributed by atoms with van der Waals surface area (Å²) in [6.07, 6.45) is 1.59. The van der Waals surface area contributed by atoms with Crippen molar-refractivity contribution >= 4 is 29.4 Å². The van der Waals surface area contributed by atoms with Gasteiger partial charge in [0.05, 0.1) is 6.61 Å². The quantitative estimate of drug-likeness (QED) is 0.380. The summed E-state index contributed by atoms with van der Waals surface area (Å²) < 4.78 is 5.46. The highest BCUT2D eigenvalue weighted by Gasteiger charge is 2.15. The smallest absolute Gasteiger partial charge is 0.272 e. The van der Waals surface area contributed by atoms with Gasteiger partial charge in [-0.15, -0.1) is 0 Å². The van der Waals surface area contributed by atoms with Crippen LogP contribution >= 0.6 is 0 Å². The van der Waals surface area contributed by atoms with Crippen LogP contribution in [0.2, 0.25) is 0 Å². The van der Waals surface area contributed by atoms with E-state index in [4.69, 9.17) is 4.74 Å². The number of carbonyl (C=O) groups excluding carboxylic acids is 3. The van der Waals surface area contributed by atoms with Crippen LogP contribution in [0.5, 0.6) is 5.75 Å². The fraction of sp³-hybridized carbons (Fsp3) is 0.148. The molecule has 3 aromatic carbocycles. The Balaban J connectivity index is 1.88. The summed E-state index contributed by atoms with van der Waals surface area (Å²) in [5, 5.41) is 5.47. The average molecular weight is 443 g/mol. The van der Waals surface area contributed by atoms with Crippen LogP contribution < -0.4 is 15.4 Å².